The molecular weight excluding hydrogens is 274 g/mol. The summed E-state index contributed by atoms with van der Waals surface area (Å²) in [5.74, 6) is 0.221. The van der Waals surface area contributed by atoms with Gasteiger partial charge in [0.1, 0.15) is 10.6 Å². The fraction of sp³-hybridized carbons (Fsp3) is 0.818. The van der Waals surface area contributed by atoms with Gasteiger partial charge in [-0.25, -0.2) is 0 Å². The second-order valence-corrected chi connectivity index (χ2v) is 5.18. The molecule has 92 valence electrons. The van der Waals surface area contributed by atoms with Crippen LogP contribution >= 0.6 is 15.9 Å². The summed E-state index contributed by atoms with van der Waals surface area (Å²) >= 11 is 3.29. The fourth-order valence-electron chi connectivity index (χ4n) is 1.93. The molecule has 0 amide bonds. The van der Waals surface area contributed by atoms with Crippen molar-refractivity contribution in [3.05, 3.63) is 0 Å². The van der Waals surface area contributed by atoms with Crippen LogP contribution in [-0.2, 0) is 14.3 Å². The molecule has 0 bridgehead atoms. The lowest BCUT2D eigenvalue weighted by molar-refractivity contribution is -0.140. The molecule has 0 aromatic heterocycles. The molecular formula is C11H18BrNO3. The number of hydrogen-bond acceptors (Lipinski definition) is 4. The molecule has 0 spiro atoms. The quantitative estimate of drug-likeness (QED) is 0.577. The van der Waals surface area contributed by atoms with Crippen LogP contribution in [0.15, 0.2) is 0 Å². The Morgan fingerprint density at radius 2 is 2.38 bits per heavy atom. The lowest BCUT2D eigenvalue weighted by Gasteiger charge is -2.32. The molecule has 0 aliphatic carbocycles. The van der Waals surface area contributed by atoms with Gasteiger partial charge in [0.2, 0.25) is 0 Å². The van der Waals surface area contributed by atoms with Crippen LogP contribution in [0.5, 0.6) is 0 Å². The maximum atomic E-state index is 11.5. The van der Waals surface area contributed by atoms with Crippen LogP contribution in [0.2, 0.25) is 0 Å². The summed E-state index contributed by atoms with van der Waals surface area (Å²) in [6.45, 7) is 4.14. The zero-order valence-corrected chi connectivity index (χ0v) is 11.3. The second kappa shape index (κ2) is 6.35. The third kappa shape index (κ3) is 3.56. The molecule has 0 aromatic rings. The van der Waals surface area contributed by atoms with Gasteiger partial charge in [0, 0.05) is 32.0 Å². The van der Waals surface area contributed by atoms with Crippen LogP contribution in [0.1, 0.15) is 19.8 Å². The number of rotatable bonds is 4. The minimum atomic E-state index is -0.303. The monoisotopic (exact) mass is 291 g/mol. The van der Waals surface area contributed by atoms with E-state index in [1.165, 1.54) is 7.11 Å². The van der Waals surface area contributed by atoms with E-state index in [4.69, 9.17) is 0 Å². The third-order valence-electron chi connectivity index (χ3n) is 2.98. The molecule has 1 aliphatic rings. The average molecular weight is 292 g/mol. The van der Waals surface area contributed by atoms with Gasteiger partial charge in [0.15, 0.2) is 0 Å². The highest BCUT2D eigenvalue weighted by molar-refractivity contribution is 9.10. The number of alkyl halides is 1. The first-order valence-corrected chi connectivity index (χ1v) is 6.47. The largest absolute Gasteiger partial charge is 0.468 e. The molecule has 2 unspecified atom stereocenters. The van der Waals surface area contributed by atoms with Crippen molar-refractivity contribution in [1.82, 2.24) is 4.90 Å². The molecule has 16 heavy (non-hydrogen) atoms. The van der Waals surface area contributed by atoms with E-state index in [0.717, 1.165) is 19.5 Å². The Labute approximate surface area is 104 Å². The van der Waals surface area contributed by atoms with Gasteiger partial charge in [-0.15, -0.1) is 0 Å². The van der Waals surface area contributed by atoms with E-state index in [0.29, 0.717) is 18.7 Å². The van der Waals surface area contributed by atoms with Gasteiger partial charge < -0.3 is 9.64 Å². The molecule has 1 saturated heterocycles. The van der Waals surface area contributed by atoms with Crippen LogP contribution in [0.3, 0.4) is 0 Å². The highest BCUT2D eigenvalue weighted by Crippen LogP contribution is 2.17. The van der Waals surface area contributed by atoms with Crippen LogP contribution in [-0.4, -0.2) is 48.2 Å². The van der Waals surface area contributed by atoms with Crippen molar-refractivity contribution >= 4 is 27.7 Å². The van der Waals surface area contributed by atoms with Crippen LogP contribution in [0.4, 0.5) is 0 Å². The Bertz CT molecular complexity index is 270. The van der Waals surface area contributed by atoms with Gasteiger partial charge in [0.05, 0.1) is 7.11 Å². The van der Waals surface area contributed by atoms with Gasteiger partial charge in [-0.3, -0.25) is 9.59 Å². The summed E-state index contributed by atoms with van der Waals surface area (Å²) in [5.41, 5.74) is 0. The smallest absolute Gasteiger partial charge is 0.320 e. The molecule has 4 nitrogen and oxygen atoms in total. The zero-order chi connectivity index (χ0) is 12.1. The molecule has 5 heteroatoms. The van der Waals surface area contributed by atoms with Crippen molar-refractivity contribution in [3.8, 4) is 0 Å². The first kappa shape index (κ1) is 13.6. The lowest BCUT2D eigenvalue weighted by atomic mass is 9.94. The number of hydrogen-bond donors (Lipinski definition) is 0. The maximum Gasteiger partial charge on any atom is 0.320 e. The molecule has 1 heterocycles. The molecule has 0 aromatic carbocycles. The van der Waals surface area contributed by atoms with Crippen LogP contribution in [0.25, 0.3) is 0 Å². The first-order chi connectivity index (χ1) is 7.58. The van der Waals surface area contributed by atoms with E-state index >= 15 is 0 Å². The molecule has 1 rings (SSSR count). The Morgan fingerprint density at radius 3 is 2.94 bits per heavy atom. The summed E-state index contributed by atoms with van der Waals surface area (Å²) in [7, 11) is 1.38. The Kier molecular flexibility index (Phi) is 5.41. The van der Waals surface area contributed by atoms with Gasteiger partial charge in [-0.1, -0.05) is 22.9 Å². The average Bonchev–Trinajstić information content (AvgIpc) is 2.30. The van der Waals surface area contributed by atoms with Crippen molar-refractivity contribution in [1.29, 1.82) is 0 Å². The number of carbonyl (C=O) groups excluding carboxylic acids is 2. The topological polar surface area (TPSA) is 46.6 Å². The Morgan fingerprint density at radius 1 is 1.69 bits per heavy atom. The van der Waals surface area contributed by atoms with Crippen molar-refractivity contribution in [2.75, 3.05) is 26.7 Å². The molecule has 0 saturated carbocycles. The number of carbonyl (C=O) groups is 2. The van der Waals surface area contributed by atoms with E-state index in [1.54, 1.807) is 0 Å². The predicted molar refractivity (Wildman–Crippen MR) is 64.6 cm³/mol. The standard InChI is InChI=1S/C11H18BrNO3/c1-3-8-6-13(5-4-10(8)14)7-9(12)11(15)16-2/h8-9H,3-7H2,1-2H3. The van der Waals surface area contributed by atoms with Gasteiger partial charge >= 0.3 is 5.97 Å². The Hall–Kier alpha value is -0.420. The summed E-state index contributed by atoms with van der Waals surface area (Å²) in [4.78, 5) is 24.6. The predicted octanol–water partition coefficient (Wildman–Crippen LogP) is 1.22. The van der Waals surface area contributed by atoms with E-state index in [2.05, 4.69) is 25.6 Å². The lowest BCUT2D eigenvalue weighted by Crippen LogP contribution is -2.44. The maximum absolute atomic E-state index is 11.5. The zero-order valence-electron chi connectivity index (χ0n) is 9.74. The van der Waals surface area contributed by atoms with Crippen LogP contribution < -0.4 is 0 Å². The normalized spacial score (nSPS) is 24.2. The summed E-state index contributed by atoms with van der Waals surface area (Å²) in [6, 6.07) is 0. The highest BCUT2D eigenvalue weighted by atomic mass is 79.9. The number of piperidine rings is 1. The molecule has 2 atom stereocenters. The fourth-order valence-corrected chi connectivity index (χ4v) is 2.53. The highest BCUT2D eigenvalue weighted by Gasteiger charge is 2.28. The Balaban J connectivity index is 2.44. The van der Waals surface area contributed by atoms with Crippen molar-refractivity contribution in [3.63, 3.8) is 0 Å². The second-order valence-electron chi connectivity index (χ2n) is 4.07. The molecule has 1 aliphatic heterocycles. The number of esters is 1. The SMILES string of the molecule is CCC1CN(CC(Br)C(=O)OC)CCC1=O. The van der Waals surface area contributed by atoms with Gasteiger partial charge in [-0.2, -0.15) is 0 Å². The van der Waals surface area contributed by atoms with Crippen molar-refractivity contribution in [2.24, 2.45) is 5.92 Å². The number of Topliss-reactive ketones (excluding diaryl/α,β-unsaturated/α-hetero) is 1. The number of ether oxygens (including phenoxy) is 1. The summed E-state index contributed by atoms with van der Waals surface area (Å²) in [5, 5.41) is 0. The number of ketones is 1. The van der Waals surface area contributed by atoms with Gasteiger partial charge in [0.25, 0.3) is 0 Å². The number of nitrogens with zero attached hydrogens (tertiary/aromatic N) is 1. The third-order valence-corrected chi connectivity index (χ3v) is 3.64. The number of likely N-dealkylation sites (tertiary alicyclic amines) is 1. The van der Waals surface area contributed by atoms with E-state index in [-0.39, 0.29) is 16.7 Å². The van der Waals surface area contributed by atoms with Crippen molar-refractivity contribution in [2.45, 2.75) is 24.6 Å². The number of halogens is 1. The molecule has 0 N–H and O–H groups in total. The summed E-state index contributed by atoms with van der Waals surface area (Å²) in [6.07, 6.45) is 1.47. The van der Waals surface area contributed by atoms with E-state index in [1.807, 2.05) is 6.92 Å². The number of methoxy groups -OCH3 is 1. The van der Waals surface area contributed by atoms with Crippen LogP contribution in [0, 0.1) is 5.92 Å². The minimum absolute atomic E-state index is 0.131. The van der Waals surface area contributed by atoms with E-state index < -0.39 is 0 Å². The van der Waals surface area contributed by atoms with E-state index in [9.17, 15) is 9.59 Å². The molecule has 1 fully saturated rings. The van der Waals surface area contributed by atoms with Crippen molar-refractivity contribution < 1.29 is 14.3 Å². The summed E-state index contributed by atoms with van der Waals surface area (Å²) < 4.78 is 4.65. The van der Waals surface area contributed by atoms with Gasteiger partial charge in [-0.05, 0) is 6.42 Å². The molecule has 0 radical (unpaired) electrons. The first-order valence-electron chi connectivity index (χ1n) is 5.55. The minimum Gasteiger partial charge on any atom is -0.468 e.